The zero-order chi connectivity index (χ0) is 13.1. The summed E-state index contributed by atoms with van der Waals surface area (Å²) in [5.41, 5.74) is -0.471. The number of rotatable bonds is 4. The van der Waals surface area contributed by atoms with Crippen LogP contribution in [0.2, 0.25) is 0 Å². The number of carboxylic acid groups (broad SMARTS) is 1. The van der Waals surface area contributed by atoms with Crippen LogP contribution in [0.25, 0.3) is 0 Å². The molecule has 2 N–H and O–H groups in total. The summed E-state index contributed by atoms with van der Waals surface area (Å²) in [7, 11) is 0. The smallest absolute Gasteiger partial charge is 0.317 e. The first-order valence-electron chi connectivity index (χ1n) is 6.09. The number of carbonyl (C=O) groups excluding carboxylic acids is 1. The molecule has 5 heteroatoms. The minimum Gasteiger partial charge on any atom is -0.481 e. The van der Waals surface area contributed by atoms with E-state index in [2.05, 4.69) is 12.2 Å². The maximum atomic E-state index is 11.9. The molecule has 0 aromatic carbocycles. The number of hydrogen-bond donors (Lipinski definition) is 2. The number of hydrogen-bond acceptors (Lipinski definition) is 2. The Hall–Kier alpha value is -1.26. The highest BCUT2D eigenvalue weighted by molar-refractivity contribution is 5.75. The van der Waals surface area contributed by atoms with Gasteiger partial charge in [-0.25, -0.2) is 4.79 Å². The van der Waals surface area contributed by atoms with E-state index in [1.807, 2.05) is 13.8 Å². The zero-order valence-electron chi connectivity index (χ0n) is 10.8. The number of amides is 2. The summed E-state index contributed by atoms with van der Waals surface area (Å²) in [5, 5.41) is 11.5. The average molecular weight is 242 g/mol. The van der Waals surface area contributed by atoms with Crippen molar-refractivity contribution in [2.45, 2.75) is 45.6 Å². The van der Waals surface area contributed by atoms with Gasteiger partial charge in [0.1, 0.15) is 0 Å². The second kappa shape index (κ2) is 5.38. The Bertz CT molecular complexity index is 302. The van der Waals surface area contributed by atoms with Gasteiger partial charge in [0.25, 0.3) is 0 Å². The fourth-order valence-electron chi connectivity index (χ4n) is 1.97. The van der Waals surface area contributed by atoms with Gasteiger partial charge in [0.2, 0.25) is 0 Å². The lowest BCUT2D eigenvalue weighted by Gasteiger charge is -2.28. The molecule has 0 spiro atoms. The molecule has 2 amide bonds. The summed E-state index contributed by atoms with van der Waals surface area (Å²) < 4.78 is 0. The summed E-state index contributed by atoms with van der Waals surface area (Å²) >= 11 is 0. The van der Waals surface area contributed by atoms with Crippen LogP contribution < -0.4 is 5.32 Å². The number of carboxylic acids is 1. The molecule has 0 bridgehead atoms. The van der Waals surface area contributed by atoms with E-state index >= 15 is 0 Å². The summed E-state index contributed by atoms with van der Waals surface area (Å²) in [6.07, 6.45) is 1.56. The van der Waals surface area contributed by atoms with Crippen molar-refractivity contribution in [2.24, 2.45) is 5.92 Å². The molecule has 0 radical (unpaired) electrons. The van der Waals surface area contributed by atoms with E-state index in [1.54, 1.807) is 4.90 Å². The van der Waals surface area contributed by atoms with Gasteiger partial charge in [0, 0.05) is 25.0 Å². The molecule has 17 heavy (non-hydrogen) atoms. The van der Waals surface area contributed by atoms with Crippen LogP contribution in [-0.4, -0.2) is 40.6 Å². The molecule has 1 unspecified atom stereocenters. The maximum Gasteiger partial charge on any atom is 0.317 e. The van der Waals surface area contributed by atoms with Gasteiger partial charge < -0.3 is 15.3 Å². The summed E-state index contributed by atoms with van der Waals surface area (Å²) in [6, 6.07) is -0.0789. The van der Waals surface area contributed by atoms with E-state index in [9.17, 15) is 9.59 Å². The molecule has 1 fully saturated rings. The number of aliphatic carboxylic acids is 1. The predicted octanol–water partition coefficient (Wildman–Crippen LogP) is 1.68. The van der Waals surface area contributed by atoms with E-state index in [-0.39, 0.29) is 12.5 Å². The third-order valence-corrected chi connectivity index (χ3v) is 3.12. The van der Waals surface area contributed by atoms with Crippen molar-refractivity contribution in [1.82, 2.24) is 10.2 Å². The van der Waals surface area contributed by atoms with Gasteiger partial charge in [-0.2, -0.15) is 0 Å². The SMILES string of the molecule is CC1CCN(C(=O)NC(C)(C)CCC(=O)O)C1. The number of carbonyl (C=O) groups is 2. The Labute approximate surface area is 102 Å². The monoisotopic (exact) mass is 242 g/mol. The lowest BCUT2D eigenvalue weighted by atomic mass is 9.99. The van der Waals surface area contributed by atoms with Gasteiger partial charge in [0.15, 0.2) is 0 Å². The van der Waals surface area contributed by atoms with Crippen LogP contribution in [0.4, 0.5) is 4.79 Å². The van der Waals surface area contributed by atoms with Gasteiger partial charge in [0.05, 0.1) is 0 Å². The highest BCUT2D eigenvalue weighted by Crippen LogP contribution is 2.17. The Balaban J connectivity index is 2.41. The molecule has 1 rings (SSSR count). The number of urea groups is 1. The third-order valence-electron chi connectivity index (χ3n) is 3.12. The Morgan fingerprint density at radius 3 is 2.59 bits per heavy atom. The Morgan fingerprint density at radius 1 is 1.47 bits per heavy atom. The minimum atomic E-state index is -0.831. The zero-order valence-corrected chi connectivity index (χ0v) is 10.8. The number of nitrogens with zero attached hydrogens (tertiary/aromatic N) is 1. The maximum absolute atomic E-state index is 11.9. The first-order valence-corrected chi connectivity index (χ1v) is 6.09. The molecule has 1 saturated heterocycles. The summed E-state index contributed by atoms with van der Waals surface area (Å²) in [6.45, 7) is 7.42. The van der Waals surface area contributed by atoms with Gasteiger partial charge in [-0.15, -0.1) is 0 Å². The van der Waals surface area contributed by atoms with Crippen molar-refractivity contribution in [3.05, 3.63) is 0 Å². The highest BCUT2D eigenvalue weighted by atomic mass is 16.4. The molecule has 1 aliphatic heterocycles. The molecule has 1 atom stereocenters. The normalized spacial score (nSPS) is 20.4. The molecule has 0 saturated carbocycles. The predicted molar refractivity (Wildman–Crippen MR) is 64.8 cm³/mol. The van der Waals surface area contributed by atoms with E-state index in [4.69, 9.17) is 5.11 Å². The van der Waals surface area contributed by atoms with Gasteiger partial charge in [-0.1, -0.05) is 6.92 Å². The van der Waals surface area contributed by atoms with Gasteiger partial charge in [-0.05, 0) is 32.6 Å². The first-order chi connectivity index (χ1) is 7.80. The molecule has 1 aliphatic rings. The van der Waals surface area contributed by atoms with Crippen molar-refractivity contribution >= 4 is 12.0 Å². The van der Waals surface area contributed by atoms with Crippen molar-refractivity contribution in [3.8, 4) is 0 Å². The number of likely N-dealkylation sites (tertiary alicyclic amines) is 1. The lowest BCUT2D eigenvalue weighted by molar-refractivity contribution is -0.137. The quantitative estimate of drug-likeness (QED) is 0.788. The fourth-order valence-corrected chi connectivity index (χ4v) is 1.97. The van der Waals surface area contributed by atoms with Crippen molar-refractivity contribution in [3.63, 3.8) is 0 Å². The van der Waals surface area contributed by atoms with E-state index in [0.717, 1.165) is 19.5 Å². The lowest BCUT2D eigenvalue weighted by Crippen LogP contribution is -2.49. The van der Waals surface area contributed by atoms with Crippen LogP contribution in [0.1, 0.15) is 40.0 Å². The summed E-state index contributed by atoms with van der Waals surface area (Å²) in [4.78, 5) is 24.2. The van der Waals surface area contributed by atoms with Crippen LogP contribution in [-0.2, 0) is 4.79 Å². The fraction of sp³-hybridized carbons (Fsp3) is 0.833. The highest BCUT2D eigenvalue weighted by Gasteiger charge is 2.28. The van der Waals surface area contributed by atoms with Crippen LogP contribution >= 0.6 is 0 Å². The van der Waals surface area contributed by atoms with Crippen LogP contribution in [0.15, 0.2) is 0 Å². The summed E-state index contributed by atoms with van der Waals surface area (Å²) in [5.74, 6) is -0.273. The molecular weight excluding hydrogens is 220 g/mol. The second-order valence-corrected chi connectivity index (χ2v) is 5.55. The van der Waals surface area contributed by atoms with Crippen LogP contribution in [0, 0.1) is 5.92 Å². The van der Waals surface area contributed by atoms with Gasteiger partial charge >= 0.3 is 12.0 Å². The second-order valence-electron chi connectivity index (χ2n) is 5.55. The molecule has 5 nitrogen and oxygen atoms in total. The van der Waals surface area contributed by atoms with Gasteiger partial charge in [-0.3, -0.25) is 4.79 Å². The van der Waals surface area contributed by atoms with Crippen LogP contribution in [0.5, 0.6) is 0 Å². The molecule has 0 aromatic rings. The molecule has 0 aliphatic carbocycles. The largest absolute Gasteiger partial charge is 0.481 e. The number of nitrogens with one attached hydrogen (secondary N) is 1. The minimum absolute atomic E-state index is 0.0731. The van der Waals surface area contributed by atoms with Crippen molar-refractivity contribution in [2.75, 3.05) is 13.1 Å². The molecular formula is C12H22N2O3. The topological polar surface area (TPSA) is 69.6 Å². The molecule has 0 aromatic heterocycles. The van der Waals surface area contributed by atoms with E-state index in [1.165, 1.54) is 0 Å². The van der Waals surface area contributed by atoms with Crippen molar-refractivity contribution in [1.29, 1.82) is 0 Å². The Kier molecular flexibility index (Phi) is 4.37. The Morgan fingerprint density at radius 2 is 2.12 bits per heavy atom. The first kappa shape index (κ1) is 13.8. The molecule has 1 heterocycles. The van der Waals surface area contributed by atoms with E-state index < -0.39 is 11.5 Å². The third kappa shape index (κ3) is 4.63. The standard InChI is InChI=1S/C12H22N2O3/c1-9-5-7-14(8-9)11(17)13-12(2,3)6-4-10(15)16/h9H,4-8H2,1-3H3,(H,13,17)(H,15,16). The molecule has 98 valence electrons. The van der Waals surface area contributed by atoms with Crippen molar-refractivity contribution < 1.29 is 14.7 Å². The van der Waals surface area contributed by atoms with E-state index in [0.29, 0.717) is 12.3 Å². The van der Waals surface area contributed by atoms with Crippen LogP contribution in [0.3, 0.4) is 0 Å². The average Bonchev–Trinajstić information content (AvgIpc) is 2.61.